The van der Waals surface area contributed by atoms with E-state index in [1.54, 1.807) is 0 Å². The van der Waals surface area contributed by atoms with Gasteiger partial charge in [-0.25, -0.2) is 34.6 Å². The van der Waals surface area contributed by atoms with Crippen molar-refractivity contribution in [1.29, 1.82) is 0 Å². The van der Waals surface area contributed by atoms with Gasteiger partial charge in [0.1, 0.15) is 0 Å². The van der Waals surface area contributed by atoms with Crippen molar-refractivity contribution >= 4 is 0 Å². The third kappa shape index (κ3) is 4.18. The Kier molecular flexibility index (Phi) is 8.34. The van der Waals surface area contributed by atoms with Crippen LogP contribution in [-0.4, -0.2) is 0 Å². The van der Waals surface area contributed by atoms with E-state index in [-0.39, 0.29) is 49.4 Å². The largest absolute Gasteiger partial charge is 0.731 e. The third-order valence-corrected chi connectivity index (χ3v) is 5.62. The molecule has 21 heavy (non-hydrogen) atoms. The first kappa shape index (κ1) is 21.3. The van der Waals surface area contributed by atoms with Crippen LogP contribution in [0.1, 0.15) is 55.6 Å². The maximum absolute atomic E-state index is 2.20. The van der Waals surface area contributed by atoms with Crippen molar-refractivity contribution in [3.05, 3.63) is 55.6 Å². The second-order valence-electron chi connectivity index (χ2n) is 6.25. The molecule has 0 unspecified atom stereocenters. The molecule has 0 aromatic heterocycles. The monoisotopic (exact) mass is 423 g/mol. The van der Waals surface area contributed by atoms with Crippen molar-refractivity contribution in [2.45, 2.75) is 69.2 Å². The number of hydrogen-bond donors (Lipinski definition) is 0. The quantitative estimate of drug-likeness (QED) is 0.464. The van der Waals surface area contributed by atoms with E-state index in [1.807, 2.05) is 0 Å². The summed E-state index contributed by atoms with van der Waals surface area (Å²) in [6, 6.07) is 0. The fourth-order valence-electron chi connectivity index (χ4n) is 2.81. The maximum Gasteiger partial charge on any atom is 0 e. The van der Waals surface area contributed by atoms with Crippen molar-refractivity contribution in [3.63, 3.8) is 0 Å². The van der Waals surface area contributed by atoms with Crippen LogP contribution in [0.4, 0.5) is 0 Å². The van der Waals surface area contributed by atoms with Crippen molar-refractivity contribution in [2.75, 3.05) is 0 Å². The standard InChI is InChI=1S/2C10H15.Eu/c2*1-6-7(2)9(4)10(5)8(6)3;/h2*1-5H3;/q-5;-1;. The minimum Gasteiger partial charge on any atom is -0.731 e. The molecule has 123 valence electrons. The molecule has 0 aliphatic heterocycles. The maximum atomic E-state index is 2.20. The van der Waals surface area contributed by atoms with Crippen molar-refractivity contribution in [3.8, 4) is 0 Å². The Morgan fingerprint density at radius 3 is 0.762 bits per heavy atom. The van der Waals surface area contributed by atoms with Crippen molar-refractivity contribution in [2.24, 2.45) is 0 Å². The van der Waals surface area contributed by atoms with Crippen LogP contribution in [0.5, 0.6) is 0 Å². The van der Waals surface area contributed by atoms with Gasteiger partial charge in [-0.2, -0.15) is 27.8 Å². The molecule has 0 aliphatic carbocycles. The first-order chi connectivity index (χ1) is 9.11. The predicted molar refractivity (Wildman–Crippen MR) is 91.4 cm³/mol. The Hall–Kier alpha value is 0.284. The molecule has 0 aliphatic rings. The summed E-state index contributed by atoms with van der Waals surface area (Å²) in [7, 11) is 0. The minimum atomic E-state index is 0. The molecule has 0 atom stereocenters. The van der Waals surface area contributed by atoms with Crippen LogP contribution in [-0.2, 0) is 0 Å². The first-order valence-corrected chi connectivity index (χ1v) is 7.50. The minimum absolute atomic E-state index is 0. The Morgan fingerprint density at radius 1 is 0.476 bits per heavy atom. The Bertz CT molecular complexity index is 404. The Labute approximate surface area is 172 Å². The summed E-state index contributed by atoms with van der Waals surface area (Å²) in [5, 5.41) is 0. The molecule has 1 radical (unpaired) electrons. The molecule has 2 aromatic carbocycles. The van der Waals surface area contributed by atoms with Gasteiger partial charge in [0.2, 0.25) is 0 Å². The summed E-state index contributed by atoms with van der Waals surface area (Å²) in [6.45, 7) is 22.0. The molecule has 0 saturated heterocycles. The molecule has 0 N–H and O–H groups in total. The smallest absolute Gasteiger partial charge is 0 e. The zero-order chi connectivity index (χ0) is 15.8. The average molecular weight is 422 g/mol. The summed E-state index contributed by atoms with van der Waals surface area (Å²) in [6.07, 6.45) is 0. The van der Waals surface area contributed by atoms with E-state index < -0.39 is 0 Å². The van der Waals surface area contributed by atoms with E-state index in [0.717, 1.165) is 0 Å². The van der Waals surface area contributed by atoms with E-state index in [2.05, 4.69) is 69.2 Å². The van der Waals surface area contributed by atoms with Gasteiger partial charge >= 0.3 is 0 Å². The fraction of sp³-hybridized carbons (Fsp3) is 0.500. The number of rotatable bonds is 0. The van der Waals surface area contributed by atoms with Gasteiger partial charge in [-0.1, -0.05) is 34.6 Å². The van der Waals surface area contributed by atoms with Gasteiger partial charge in [0.15, 0.2) is 0 Å². The first-order valence-electron chi connectivity index (χ1n) is 7.50. The topological polar surface area (TPSA) is 0 Å². The summed E-state index contributed by atoms with van der Waals surface area (Å²) in [4.78, 5) is 0. The summed E-state index contributed by atoms with van der Waals surface area (Å²) in [5.74, 6) is 0. The predicted octanol–water partition coefficient (Wildman–Crippen LogP) is 5.90. The molecule has 0 fully saturated rings. The van der Waals surface area contributed by atoms with Crippen LogP contribution >= 0.6 is 0 Å². The van der Waals surface area contributed by atoms with Crippen LogP contribution in [0.2, 0.25) is 0 Å². The van der Waals surface area contributed by atoms with Gasteiger partial charge < -0.3 is 27.8 Å². The fourth-order valence-corrected chi connectivity index (χ4v) is 2.81. The second kappa shape index (κ2) is 8.23. The van der Waals surface area contributed by atoms with Gasteiger partial charge in [-0.3, -0.25) is 0 Å². The molecular formula is C20H30Eu-6. The van der Waals surface area contributed by atoms with Gasteiger partial charge in [-0.05, 0) is 0 Å². The van der Waals surface area contributed by atoms with E-state index in [4.69, 9.17) is 0 Å². The molecule has 2 rings (SSSR count). The van der Waals surface area contributed by atoms with Gasteiger partial charge in [-0.15, -0.1) is 0 Å². The Morgan fingerprint density at radius 2 is 0.667 bits per heavy atom. The molecule has 0 heterocycles. The SMILES string of the molecule is C[c-]1[c-](C)[c-](C)[c-](C)[c-]1C.Cc1c(C)c(C)[c-](C)c1C.[Eu]. The van der Waals surface area contributed by atoms with E-state index in [0.29, 0.717) is 0 Å². The Balaban J connectivity index is 0.000000364. The zero-order valence-electron chi connectivity index (χ0n) is 15.4. The summed E-state index contributed by atoms with van der Waals surface area (Å²) in [5.41, 5.74) is 14.7. The molecule has 0 spiro atoms. The molecule has 0 saturated carbocycles. The molecule has 0 amide bonds. The van der Waals surface area contributed by atoms with Crippen LogP contribution in [0.25, 0.3) is 0 Å². The van der Waals surface area contributed by atoms with Crippen LogP contribution in [0, 0.1) is 119 Å². The van der Waals surface area contributed by atoms with Crippen molar-refractivity contribution < 1.29 is 49.4 Å². The van der Waals surface area contributed by atoms with Crippen LogP contribution in [0.15, 0.2) is 0 Å². The summed E-state index contributed by atoms with van der Waals surface area (Å²) >= 11 is 0. The second-order valence-corrected chi connectivity index (χ2v) is 6.25. The molecule has 1 heteroatoms. The third-order valence-electron chi connectivity index (χ3n) is 5.62. The molecular weight excluding hydrogens is 392 g/mol. The van der Waals surface area contributed by atoms with Crippen LogP contribution in [0.3, 0.4) is 0 Å². The van der Waals surface area contributed by atoms with Gasteiger partial charge in [0.05, 0.1) is 0 Å². The average Bonchev–Trinajstić information content (AvgIpc) is 2.71. The van der Waals surface area contributed by atoms with Crippen LogP contribution < -0.4 is 0 Å². The molecule has 0 bridgehead atoms. The van der Waals surface area contributed by atoms with E-state index >= 15 is 0 Å². The number of hydrogen-bond acceptors (Lipinski definition) is 0. The van der Waals surface area contributed by atoms with Gasteiger partial charge in [0.25, 0.3) is 0 Å². The van der Waals surface area contributed by atoms with E-state index in [1.165, 1.54) is 55.6 Å². The van der Waals surface area contributed by atoms with E-state index in [9.17, 15) is 0 Å². The molecule has 2 aromatic rings. The normalized spacial score (nSPS) is 10.0. The molecule has 0 nitrogen and oxygen atoms in total. The van der Waals surface area contributed by atoms with Gasteiger partial charge in [0, 0.05) is 49.4 Å². The summed E-state index contributed by atoms with van der Waals surface area (Å²) < 4.78 is 0. The van der Waals surface area contributed by atoms with Crippen molar-refractivity contribution in [1.82, 2.24) is 0 Å². The zero-order valence-corrected chi connectivity index (χ0v) is 17.8.